The average molecular weight is 470 g/mol. The van der Waals surface area contributed by atoms with E-state index in [1.807, 2.05) is 77.7 Å². The second kappa shape index (κ2) is 9.61. The number of hydrogen-bond acceptors (Lipinski definition) is 5. The van der Waals surface area contributed by atoms with Crippen LogP contribution in [0.1, 0.15) is 17.3 Å². The molecule has 0 N–H and O–H groups in total. The van der Waals surface area contributed by atoms with Crippen LogP contribution in [-0.4, -0.2) is 51.4 Å². The third-order valence-electron chi connectivity index (χ3n) is 6.00. The maximum Gasteiger partial charge on any atom is 0.253 e. The summed E-state index contributed by atoms with van der Waals surface area (Å²) in [4.78, 5) is 31.1. The Morgan fingerprint density at radius 2 is 1.74 bits per heavy atom. The van der Waals surface area contributed by atoms with E-state index in [-0.39, 0.29) is 11.9 Å². The van der Waals surface area contributed by atoms with Gasteiger partial charge in [-0.1, -0.05) is 41.9 Å². The molecule has 2 aromatic heterocycles. The minimum atomic E-state index is 0.0627. The maximum atomic E-state index is 13.0. The summed E-state index contributed by atoms with van der Waals surface area (Å²) in [7, 11) is 0. The van der Waals surface area contributed by atoms with Gasteiger partial charge in [0.15, 0.2) is 5.82 Å². The number of nitrogens with zero attached hydrogens (tertiary/aromatic N) is 5. The van der Waals surface area contributed by atoms with E-state index in [1.54, 1.807) is 12.4 Å². The fourth-order valence-electron chi connectivity index (χ4n) is 4.22. The molecule has 5 rings (SSSR count). The molecule has 170 valence electrons. The fraction of sp³-hybridized carbons (Fsp3) is 0.185. The van der Waals surface area contributed by atoms with Crippen molar-refractivity contribution in [1.29, 1.82) is 0 Å². The molecule has 0 saturated carbocycles. The molecule has 2 aromatic carbocycles. The molecule has 0 spiro atoms. The Bertz CT molecular complexity index is 1280. The number of carbonyl (C=O) groups is 1. The summed E-state index contributed by atoms with van der Waals surface area (Å²) in [5.41, 5.74) is 3.35. The molecule has 7 heteroatoms. The Morgan fingerprint density at radius 3 is 2.44 bits per heavy atom. The van der Waals surface area contributed by atoms with Gasteiger partial charge in [-0.15, -0.1) is 0 Å². The number of benzene rings is 2. The van der Waals surface area contributed by atoms with Crippen LogP contribution in [0.25, 0.3) is 22.6 Å². The third-order valence-corrected chi connectivity index (χ3v) is 6.25. The number of rotatable bonds is 4. The van der Waals surface area contributed by atoms with Gasteiger partial charge in [0, 0.05) is 65.8 Å². The summed E-state index contributed by atoms with van der Waals surface area (Å²) in [6.45, 7) is 4.05. The summed E-state index contributed by atoms with van der Waals surface area (Å²) in [5.74, 6) is 1.51. The van der Waals surface area contributed by atoms with Crippen LogP contribution in [0.15, 0.2) is 85.2 Å². The van der Waals surface area contributed by atoms with Crippen LogP contribution in [0.2, 0.25) is 5.02 Å². The molecule has 0 unspecified atom stereocenters. The molecule has 0 radical (unpaired) electrons. The number of carbonyl (C=O) groups excluding carboxylic acids is 1. The van der Waals surface area contributed by atoms with Gasteiger partial charge in [0.05, 0.1) is 5.69 Å². The van der Waals surface area contributed by atoms with Crippen molar-refractivity contribution in [3.63, 3.8) is 0 Å². The van der Waals surface area contributed by atoms with Crippen molar-refractivity contribution in [3.8, 4) is 22.6 Å². The van der Waals surface area contributed by atoms with Gasteiger partial charge in [0.2, 0.25) is 0 Å². The molecular formula is C27H24ClN5O. The lowest BCUT2D eigenvalue weighted by Gasteiger charge is -2.40. The van der Waals surface area contributed by atoms with E-state index < -0.39 is 0 Å². The smallest absolute Gasteiger partial charge is 0.253 e. The first-order valence-electron chi connectivity index (χ1n) is 11.2. The lowest BCUT2D eigenvalue weighted by atomic mass is 10.1. The Morgan fingerprint density at radius 1 is 0.941 bits per heavy atom. The van der Waals surface area contributed by atoms with Crippen LogP contribution < -0.4 is 4.90 Å². The summed E-state index contributed by atoms with van der Waals surface area (Å²) in [5, 5.41) is 0.679. The zero-order chi connectivity index (χ0) is 23.5. The normalized spacial score (nSPS) is 15.9. The van der Waals surface area contributed by atoms with Crippen molar-refractivity contribution >= 4 is 23.3 Å². The first-order valence-corrected chi connectivity index (χ1v) is 11.6. The predicted molar refractivity (Wildman–Crippen MR) is 135 cm³/mol. The van der Waals surface area contributed by atoms with Crippen molar-refractivity contribution in [2.45, 2.75) is 13.0 Å². The molecule has 1 atom stereocenters. The van der Waals surface area contributed by atoms with Crippen LogP contribution >= 0.6 is 11.6 Å². The number of aromatic nitrogens is 3. The summed E-state index contributed by atoms with van der Waals surface area (Å²) in [6.07, 6.45) is 3.50. The van der Waals surface area contributed by atoms with Crippen LogP contribution in [0, 0.1) is 0 Å². The van der Waals surface area contributed by atoms with Crippen LogP contribution in [0.4, 0.5) is 5.82 Å². The molecule has 3 heterocycles. The molecule has 1 amide bonds. The first kappa shape index (κ1) is 22.0. The van der Waals surface area contributed by atoms with Crippen molar-refractivity contribution in [1.82, 2.24) is 19.9 Å². The lowest BCUT2D eigenvalue weighted by Crippen LogP contribution is -2.54. The standard InChI is InChI=1S/C27H24ClN5O/c1-19-18-32(27(34)21-6-3-2-4-7-21)14-15-33(19)25-16-24(20-9-11-23(28)12-10-20)30-26(31-25)22-8-5-13-29-17-22/h2-13,16-17,19H,14-15,18H2,1H3/t19-/m1/s1. The van der Waals surface area contributed by atoms with Gasteiger partial charge in [-0.2, -0.15) is 0 Å². The molecule has 34 heavy (non-hydrogen) atoms. The number of halogens is 1. The summed E-state index contributed by atoms with van der Waals surface area (Å²) < 4.78 is 0. The Labute approximate surface area is 203 Å². The van der Waals surface area contributed by atoms with E-state index in [9.17, 15) is 4.79 Å². The Kier molecular flexibility index (Phi) is 6.23. The number of pyridine rings is 1. The highest BCUT2D eigenvalue weighted by Crippen LogP contribution is 2.29. The van der Waals surface area contributed by atoms with Gasteiger partial charge in [0.1, 0.15) is 5.82 Å². The summed E-state index contributed by atoms with van der Waals surface area (Å²) in [6, 6.07) is 23.0. The number of hydrogen-bond donors (Lipinski definition) is 0. The molecular weight excluding hydrogens is 446 g/mol. The molecule has 1 fully saturated rings. The second-order valence-corrected chi connectivity index (χ2v) is 8.78. The van der Waals surface area contributed by atoms with Crippen molar-refractivity contribution in [2.75, 3.05) is 24.5 Å². The van der Waals surface area contributed by atoms with Gasteiger partial charge in [-0.3, -0.25) is 9.78 Å². The summed E-state index contributed by atoms with van der Waals surface area (Å²) >= 11 is 6.10. The first-order chi connectivity index (χ1) is 16.6. The molecule has 1 saturated heterocycles. The molecule has 1 aliphatic rings. The fourth-order valence-corrected chi connectivity index (χ4v) is 4.35. The molecule has 1 aliphatic heterocycles. The molecule has 0 aliphatic carbocycles. The minimum Gasteiger partial charge on any atom is -0.350 e. The largest absolute Gasteiger partial charge is 0.350 e. The lowest BCUT2D eigenvalue weighted by molar-refractivity contribution is 0.0726. The minimum absolute atomic E-state index is 0.0627. The van der Waals surface area contributed by atoms with E-state index in [2.05, 4.69) is 16.8 Å². The number of anilines is 1. The predicted octanol–water partition coefficient (Wildman–Crippen LogP) is 5.21. The zero-order valence-electron chi connectivity index (χ0n) is 18.8. The van der Waals surface area contributed by atoms with E-state index in [0.717, 1.165) is 22.6 Å². The van der Waals surface area contributed by atoms with Gasteiger partial charge in [-0.05, 0) is 43.3 Å². The van der Waals surface area contributed by atoms with Gasteiger partial charge >= 0.3 is 0 Å². The topological polar surface area (TPSA) is 62.2 Å². The van der Waals surface area contributed by atoms with Crippen molar-refractivity contribution in [2.24, 2.45) is 0 Å². The van der Waals surface area contributed by atoms with Crippen molar-refractivity contribution < 1.29 is 4.79 Å². The van der Waals surface area contributed by atoms with Crippen molar-refractivity contribution in [3.05, 3.63) is 95.8 Å². The SMILES string of the molecule is C[C@@H]1CN(C(=O)c2ccccc2)CCN1c1cc(-c2ccc(Cl)cc2)nc(-c2cccnc2)n1. The van der Waals surface area contributed by atoms with E-state index in [1.165, 1.54) is 0 Å². The third kappa shape index (κ3) is 4.63. The van der Waals surface area contributed by atoms with Gasteiger partial charge in [0.25, 0.3) is 5.91 Å². The highest BCUT2D eigenvalue weighted by molar-refractivity contribution is 6.30. The van der Waals surface area contributed by atoms with E-state index >= 15 is 0 Å². The Balaban J connectivity index is 1.46. The van der Waals surface area contributed by atoms with E-state index in [4.69, 9.17) is 21.6 Å². The van der Waals surface area contributed by atoms with Gasteiger partial charge < -0.3 is 9.80 Å². The molecule has 4 aromatic rings. The highest BCUT2D eigenvalue weighted by atomic mass is 35.5. The maximum absolute atomic E-state index is 13.0. The molecule has 6 nitrogen and oxygen atoms in total. The van der Waals surface area contributed by atoms with E-state index in [0.29, 0.717) is 36.0 Å². The highest BCUT2D eigenvalue weighted by Gasteiger charge is 2.29. The van der Waals surface area contributed by atoms with Crippen LogP contribution in [0.3, 0.4) is 0 Å². The number of amides is 1. The van der Waals surface area contributed by atoms with Crippen LogP contribution in [-0.2, 0) is 0 Å². The van der Waals surface area contributed by atoms with Gasteiger partial charge in [-0.25, -0.2) is 9.97 Å². The average Bonchev–Trinajstić information content (AvgIpc) is 2.89. The quantitative estimate of drug-likeness (QED) is 0.410. The number of piperazine rings is 1. The molecule has 0 bridgehead atoms. The monoisotopic (exact) mass is 469 g/mol. The second-order valence-electron chi connectivity index (χ2n) is 8.34. The Hall–Kier alpha value is -3.77. The zero-order valence-corrected chi connectivity index (χ0v) is 19.6. The van der Waals surface area contributed by atoms with Crippen LogP contribution in [0.5, 0.6) is 0 Å².